The van der Waals surface area contributed by atoms with E-state index < -0.39 is 48.2 Å². The molecule has 110 valence electrons. The summed E-state index contributed by atoms with van der Waals surface area (Å²) in [5.41, 5.74) is 2.36. The van der Waals surface area contributed by atoms with Gasteiger partial charge in [-0.25, -0.2) is 4.98 Å². The quantitative estimate of drug-likeness (QED) is 0.870. The minimum Gasteiger partial charge on any atom is -0.403 e. The lowest BCUT2D eigenvalue weighted by Crippen LogP contribution is -2.22. The van der Waals surface area contributed by atoms with E-state index in [4.69, 9.17) is 11.0 Å². The zero-order valence-electron chi connectivity index (χ0n) is 9.64. The standard InChI is InChI=1S/C10H7F6N3O/c11-9(12,13)7-3-5(1-2-17)8(6(4-18)19-7)20-10(14,15)16/h3H,1,4,18H2. The summed E-state index contributed by atoms with van der Waals surface area (Å²) in [5.74, 6) is -0.963. The second-order valence-corrected chi connectivity index (χ2v) is 3.53. The van der Waals surface area contributed by atoms with E-state index in [9.17, 15) is 26.3 Å². The second kappa shape index (κ2) is 5.54. The Balaban J connectivity index is 3.45. The molecule has 0 aromatic carbocycles. The van der Waals surface area contributed by atoms with Gasteiger partial charge < -0.3 is 10.5 Å². The molecule has 0 spiro atoms. The SMILES string of the molecule is N#CCc1cc(C(F)(F)F)nc(CN)c1OC(F)(F)F. The average Bonchev–Trinajstić information content (AvgIpc) is 2.28. The first kappa shape index (κ1) is 16.0. The minimum atomic E-state index is -5.13. The Labute approximate surface area is 108 Å². The fourth-order valence-corrected chi connectivity index (χ4v) is 1.38. The fraction of sp³-hybridized carbons (Fsp3) is 0.400. The molecule has 0 atom stereocenters. The maximum atomic E-state index is 12.5. The van der Waals surface area contributed by atoms with E-state index >= 15 is 0 Å². The fourth-order valence-electron chi connectivity index (χ4n) is 1.38. The van der Waals surface area contributed by atoms with Gasteiger partial charge in [-0.05, 0) is 6.07 Å². The van der Waals surface area contributed by atoms with Crippen LogP contribution in [0.1, 0.15) is 17.0 Å². The predicted molar refractivity (Wildman–Crippen MR) is 53.1 cm³/mol. The highest BCUT2D eigenvalue weighted by Gasteiger charge is 2.37. The topological polar surface area (TPSA) is 71.9 Å². The van der Waals surface area contributed by atoms with Gasteiger partial charge in [-0.15, -0.1) is 13.2 Å². The van der Waals surface area contributed by atoms with Gasteiger partial charge in [0.1, 0.15) is 5.69 Å². The summed E-state index contributed by atoms with van der Waals surface area (Å²) >= 11 is 0. The molecule has 10 heteroatoms. The van der Waals surface area contributed by atoms with Gasteiger partial charge in [0, 0.05) is 12.1 Å². The molecule has 0 radical (unpaired) electrons. The normalized spacial score (nSPS) is 12.1. The van der Waals surface area contributed by atoms with E-state index in [2.05, 4.69) is 9.72 Å². The van der Waals surface area contributed by atoms with Crippen molar-refractivity contribution in [2.24, 2.45) is 5.73 Å². The Kier molecular flexibility index (Phi) is 4.44. The number of hydrogen-bond acceptors (Lipinski definition) is 4. The first-order valence-corrected chi connectivity index (χ1v) is 5.01. The van der Waals surface area contributed by atoms with Crippen LogP contribution in [0.15, 0.2) is 6.07 Å². The number of aromatic nitrogens is 1. The van der Waals surface area contributed by atoms with E-state index in [1.54, 1.807) is 0 Å². The molecule has 0 saturated carbocycles. The van der Waals surface area contributed by atoms with Crippen LogP contribution in [-0.4, -0.2) is 11.3 Å². The van der Waals surface area contributed by atoms with Crippen molar-refractivity contribution in [2.75, 3.05) is 0 Å². The van der Waals surface area contributed by atoms with Crippen LogP contribution in [0, 0.1) is 11.3 Å². The van der Waals surface area contributed by atoms with Crippen molar-refractivity contribution in [3.05, 3.63) is 23.0 Å². The lowest BCUT2D eigenvalue weighted by atomic mass is 10.1. The highest BCUT2D eigenvalue weighted by molar-refractivity contribution is 5.41. The highest BCUT2D eigenvalue weighted by Crippen LogP contribution is 2.35. The van der Waals surface area contributed by atoms with Crippen LogP contribution in [0.25, 0.3) is 0 Å². The molecule has 1 rings (SSSR count). The molecule has 4 nitrogen and oxygen atoms in total. The third-order valence-corrected chi connectivity index (χ3v) is 2.09. The van der Waals surface area contributed by atoms with Gasteiger partial charge in [0.15, 0.2) is 5.75 Å². The summed E-state index contributed by atoms with van der Waals surface area (Å²) in [5, 5.41) is 8.48. The number of rotatable bonds is 3. The molecule has 0 aliphatic rings. The van der Waals surface area contributed by atoms with Crippen LogP contribution in [-0.2, 0) is 19.1 Å². The number of alkyl halides is 6. The number of ether oxygens (including phenoxy) is 1. The molecule has 0 fully saturated rings. The van der Waals surface area contributed by atoms with Gasteiger partial charge in [-0.1, -0.05) is 0 Å². The molecule has 2 N–H and O–H groups in total. The molecule has 0 bridgehead atoms. The molecule has 0 unspecified atom stereocenters. The molecule has 1 aromatic heterocycles. The molecule has 1 aromatic rings. The average molecular weight is 299 g/mol. The minimum absolute atomic E-state index is 0.337. The molecular weight excluding hydrogens is 292 g/mol. The highest BCUT2D eigenvalue weighted by atomic mass is 19.4. The summed E-state index contributed by atoms with van der Waals surface area (Å²) in [6.07, 6.45) is -10.7. The smallest absolute Gasteiger partial charge is 0.403 e. The van der Waals surface area contributed by atoms with Gasteiger partial charge in [0.2, 0.25) is 0 Å². The number of nitrogens with two attached hydrogens (primary N) is 1. The van der Waals surface area contributed by atoms with Gasteiger partial charge >= 0.3 is 12.5 Å². The Bertz CT molecular complexity index is 532. The first-order chi connectivity index (χ1) is 9.08. The lowest BCUT2D eigenvalue weighted by Gasteiger charge is -2.17. The third-order valence-electron chi connectivity index (χ3n) is 2.09. The van der Waals surface area contributed by atoms with Crippen molar-refractivity contribution < 1.29 is 31.1 Å². The number of pyridine rings is 1. The van der Waals surface area contributed by atoms with Crippen LogP contribution in [0.4, 0.5) is 26.3 Å². The van der Waals surface area contributed by atoms with Gasteiger partial charge in [-0.3, -0.25) is 0 Å². The van der Waals surface area contributed by atoms with E-state index in [1.165, 1.54) is 6.07 Å². The molecule has 1 heterocycles. The largest absolute Gasteiger partial charge is 0.573 e. The monoisotopic (exact) mass is 299 g/mol. The predicted octanol–water partition coefficient (Wildman–Crippen LogP) is 2.52. The zero-order chi connectivity index (χ0) is 15.6. The molecule has 0 amide bonds. The van der Waals surface area contributed by atoms with Crippen molar-refractivity contribution in [3.8, 4) is 11.8 Å². The van der Waals surface area contributed by atoms with Crippen molar-refractivity contribution in [1.82, 2.24) is 4.98 Å². The van der Waals surface area contributed by atoms with Crippen molar-refractivity contribution in [2.45, 2.75) is 25.5 Å². The summed E-state index contributed by atoms with van der Waals surface area (Å²) < 4.78 is 77.9. The maximum absolute atomic E-state index is 12.5. The third kappa shape index (κ3) is 3.99. The molecule has 0 saturated heterocycles. The van der Waals surface area contributed by atoms with E-state index in [-0.39, 0.29) is 0 Å². The van der Waals surface area contributed by atoms with Crippen LogP contribution in [0.5, 0.6) is 5.75 Å². The van der Waals surface area contributed by atoms with Crippen LogP contribution in [0.2, 0.25) is 0 Å². The maximum Gasteiger partial charge on any atom is 0.573 e. The molecule has 0 aliphatic carbocycles. The number of halogens is 6. The summed E-state index contributed by atoms with van der Waals surface area (Å²) in [4.78, 5) is 3.01. The van der Waals surface area contributed by atoms with E-state index in [1.807, 2.05) is 0 Å². The Hall–Kier alpha value is -2.02. The molecular formula is C10H7F6N3O. The summed E-state index contributed by atoms with van der Waals surface area (Å²) in [7, 11) is 0. The number of nitriles is 1. The Morgan fingerprint density at radius 3 is 2.25 bits per heavy atom. The Morgan fingerprint density at radius 2 is 1.85 bits per heavy atom. The van der Waals surface area contributed by atoms with Crippen molar-refractivity contribution >= 4 is 0 Å². The number of nitrogens with zero attached hydrogens (tertiary/aromatic N) is 2. The summed E-state index contributed by atoms with van der Waals surface area (Å²) in [6, 6.07) is 1.79. The van der Waals surface area contributed by atoms with E-state index in [0.717, 1.165) is 0 Å². The zero-order valence-corrected chi connectivity index (χ0v) is 9.64. The van der Waals surface area contributed by atoms with Gasteiger partial charge in [0.05, 0.1) is 18.2 Å². The lowest BCUT2D eigenvalue weighted by molar-refractivity contribution is -0.275. The second-order valence-electron chi connectivity index (χ2n) is 3.53. The van der Waals surface area contributed by atoms with Crippen LogP contribution >= 0.6 is 0 Å². The first-order valence-electron chi connectivity index (χ1n) is 5.01. The number of hydrogen-bond donors (Lipinski definition) is 1. The van der Waals surface area contributed by atoms with Crippen molar-refractivity contribution in [1.29, 1.82) is 5.26 Å². The van der Waals surface area contributed by atoms with Crippen LogP contribution in [0.3, 0.4) is 0 Å². The summed E-state index contributed by atoms with van der Waals surface area (Å²) in [6.45, 7) is -0.701. The molecule has 0 aliphatic heterocycles. The van der Waals surface area contributed by atoms with Crippen molar-refractivity contribution in [3.63, 3.8) is 0 Å². The van der Waals surface area contributed by atoms with Gasteiger partial charge in [-0.2, -0.15) is 18.4 Å². The van der Waals surface area contributed by atoms with Gasteiger partial charge in [0.25, 0.3) is 0 Å². The Morgan fingerprint density at radius 1 is 1.25 bits per heavy atom. The van der Waals surface area contributed by atoms with E-state index in [0.29, 0.717) is 6.07 Å². The van der Waals surface area contributed by atoms with Crippen LogP contribution < -0.4 is 10.5 Å². The molecule has 20 heavy (non-hydrogen) atoms.